The number of halogens is 1. The first-order chi connectivity index (χ1) is 9.58. The van der Waals surface area contributed by atoms with E-state index in [-0.39, 0.29) is 30.4 Å². The highest BCUT2D eigenvalue weighted by Gasteiger charge is 2.30. The van der Waals surface area contributed by atoms with E-state index >= 15 is 0 Å². The maximum absolute atomic E-state index is 12.2. The predicted molar refractivity (Wildman–Crippen MR) is 89.6 cm³/mol. The number of hydrogen-bond donors (Lipinski definition) is 2. The molecular weight excluding hydrogens is 284 g/mol. The van der Waals surface area contributed by atoms with Gasteiger partial charge in [0, 0.05) is 12.0 Å². The van der Waals surface area contributed by atoms with Crippen molar-refractivity contribution in [1.29, 1.82) is 0 Å². The van der Waals surface area contributed by atoms with Gasteiger partial charge in [0.25, 0.3) is 0 Å². The fraction of sp³-hybridized carbons (Fsp3) is 0.588. The Kier molecular flexibility index (Phi) is 7.20. The molecule has 1 aliphatic carbocycles. The van der Waals surface area contributed by atoms with E-state index in [4.69, 9.17) is 5.73 Å². The molecule has 0 saturated heterocycles. The average molecular weight is 311 g/mol. The molecule has 0 heterocycles. The second-order valence-electron chi connectivity index (χ2n) is 6.30. The largest absolute Gasteiger partial charge is 0.351 e. The molecule has 0 bridgehead atoms. The highest BCUT2D eigenvalue weighted by Crippen LogP contribution is 2.34. The second-order valence-corrected chi connectivity index (χ2v) is 6.30. The Balaban J connectivity index is 0.00000220. The summed E-state index contributed by atoms with van der Waals surface area (Å²) >= 11 is 0. The van der Waals surface area contributed by atoms with Crippen LogP contribution in [0.2, 0.25) is 0 Å². The Bertz CT molecular complexity index is 436. The first kappa shape index (κ1) is 18.0. The molecule has 1 aromatic rings. The van der Waals surface area contributed by atoms with Crippen LogP contribution in [0.25, 0.3) is 0 Å². The van der Waals surface area contributed by atoms with Crippen molar-refractivity contribution in [3.63, 3.8) is 0 Å². The van der Waals surface area contributed by atoms with E-state index in [1.807, 2.05) is 6.07 Å². The molecule has 1 aromatic carbocycles. The number of carbonyl (C=O) groups is 1. The average Bonchev–Trinajstić information content (AvgIpc) is 2.87. The molecular formula is C17H27ClN2O. The monoisotopic (exact) mass is 310 g/mol. The summed E-state index contributed by atoms with van der Waals surface area (Å²) in [6.07, 6.45) is 4.12. The molecule has 4 heteroatoms. The summed E-state index contributed by atoms with van der Waals surface area (Å²) in [6, 6.07) is 10.3. The second kappa shape index (κ2) is 8.40. The van der Waals surface area contributed by atoms with Crippen LogP contribution in [0.5, 0.6) is 0 Å². The van der Waals surface area contributed by atoms with Gasteiger partial charge in [-0.3, -0.25) is 4.79 Å². The summed E-state index contributed by atoms with van der Waals surface area (Å²) in [5, 5.41) is 3.17. The van der Waals surface area contributed by atoms with Crippen LogP contribution < -0.4 is 11.1 Å². The molecule has 3 N–H and O–H groups in total. The maximum Gasteiger partial charge on any atom is 0.237 e. The number of nitrogens with two attached hydrogens (primary N) is 1. The topological polar surface area (TPSA) is 55.1 Å². The van der Waals surface area contributed by atoms with Crippen molar-refractivity contribution in [1.82, 2.24) is 5.32 Å². The van der Waals surface area contributed by atoms with Gasteiger partial charge in [0.15, 0.2) is 0 Å². The van der Waals surface area contributed by atoms with Crippen LogP contribution in [-0.4, -0.2) is 18.0 Å². The molecule has 0 aliphatic heterocycles. The Hall–Kier alpha value is -1.06. The SMILES string of the molecule is CC(C)C[C@H](N)C(=O)NC1CCCC1c1ccccc1.Cl. The van der Waals surface area contributed by atoms with Crippen molar-refractivity contribution in [2.75, 3.05) is 0 Å². The Morgan fingerprint density at radius 1 is 1.29 bits per heavy atom. The van der Waals surface area contributed by atoms with E-state index in [2.05, 4.69) is 43.4 Å². The summed E-state index contributed by atoms with van der Waals surface area (Å²) in [5.74, 6) is 0.891. The zero-order chi connectivity index (χ0) is 14.5. The van der Waals surface area contributed by atoms with Crippen LogP contribution >= 0.6 is 12.4 Å². The van der Waals surface area contributed by atoms with E-state index in [0.717, 1.165) is 19.3 Å². The molecule has 1 saturated carbocycles. The summed E-state index contributed by atoms with van der Waals surface area (Å²) in [5.41, 5.74) is 7.29. The summed E-state index contributed by atoms with van der Waals surface area (Å²) in [6.45, 7) is 4.19. The van der Waals surface area contributed by atoms with Gasteiger partial charge in [-0.25, -0.2) is 0 Å². The standard InChI is InChI=1S/C17H26N2O.ClH/c1-12(2)11-15(18)17(20)19-16-10-6-9-14(16)13-7-4-3-5-8-13;/h3-5,7-8,12,14-16H,6,9-11,18H2,1-2H3,(H,19,20);1H/t14?,15-,16?;/m0./s1. The number of amides is 1. The third kappa shape index (κ3) is 5.01. The van der Waals surface area contributed by atoms with Gasteiger partial charge in [0.05, 0.1) is 6.04 Å². The van der Waals surface area contributed by atoms with Crippen LogP contribution in [0.15, 0.2) is 30.3 Å². The highest BCUT2D eigenvalue weighted by molar-refractivity contribution is 5.85. The molecule has 1 aliphatic rings. The van der Waals surface area contributed by atoms with Gasteiger partial charge in [0.1, 0.15) is 0 Å². The van der Waals surface area contributed by atoms with Gasteiger partial charge in [-0.15, -0.1) is 12.4 Å². The summed E-state index contributed by atoms with van der Waals surface area (Å²) in [7, 11) is 0. The van der Waals surface area contributed by atoms with E-state index in [1.54, 1.807) is 0 Å². The van der Waals surface area contributed by atoms with Crippen molar-refractivity contribution in [3.8, 4) is 0 Å². The minimum absolute atomic E-state index is 0. The lowest BCUT2D eigenvalue weighted by atomic mass is 9.93. The van der Waals surface area contributed by atoms with E-state index in [0.29, 0.717) is 11.8 Å². The molecule has 118 valence electrons. The first-order valence-corrected chi connectivity index (χ1v) is 7.69. The molecule has 1 amide bonds. The molecule has 21 heavy (non-hydrogen) atoms. The van der Waals surface area contributed by atoms with Crippen molar-refractivity contribution in [3.05, 3.63) is 35.9 Å². The Morgan fingerprint density at radius 2 is 1.95 bits per heavy atom. The van der Waals surface area contributed by atoms with Crippen LogP contribution in [0.1, 0.15) is 51.0 Å². The fourth-order valence-electron chi connectivity index (χ4n) is 3.14. The molecule has 2 rings (SSSR count). The summed E-state index contributed by atoms with van der Waals surface area (Å²) in [4.78, 5) is 12.2. The molecule has 3 nitrogen and oxygen atoms in total. The van der Waals surface area contributed by atoms with Crippen LogP contribution in [0, 0.1) is 5.92 Å². The molecule has 1 fully saturated rings. The highest BCUT2D eigenvalue weighted by atomic mass is 35.5. The fourth-order valence-corrected chi connectivity index (χ4v) is 3.14. The Labute approximate surface area is 134 Å². The first-order valence-electron chi connectivity index (χ1n) is 7.69. The summed E-state index contributed by atoms with van der Waals surface area (Å²) < 4.78 is 0. The lowest BCUT2D eigenvalue weighted by Gasteiger charge is -2.23. The number of nitrogens with one attached hydrogen (secondary N) is 1. The van der Waals surface area contributed by atoms with Gasteiger partial charge in [0.2, 0.25) is 5.91 Å². The molecule has 0 radical (unpaired) electrons. The maximum atomic E-state index is 12.2. The zero-order valence-corrected chi connectivity index (χ0v) is 13.7. The quantitative estimate of drug-likeness (QED) is 0.877. The number of hydrogen-bond acceptors (Lipinski definition) is 2. The molecule has 0 aromatic heterocycles. The van der Waals surface area contributed by atoms with Gasteiger partial charge in [-0.2, -0.15) is 0 Å². The van der Waals surface area contributed by atoms with Gasteiger partial charge < -0.3 is 11.1 Å². The van der Waals surface area contributed by atoms with Crippen LogP contribution in [0.3, 0.4) is 0 Å². The van der Waals surface area contributed by atoms with Crippen molar-refractivity contribution >= 4 is 18.3 Å². The number of benzene rings is 1. The van der Waals surface area contributed by atoms with Gasteiger partial charge in [-0.1, -0.05) is 50.6 Å². The lowest BCUT2D eigenvalue weighted by Crippen LogP contribution is -2.46. The van der Waals surface area contributed by atoms with Crippen molar-refractivity contribution in [2.24, 2.45) is 11.7 Å². The van der Waals surface area contributed by atoms with Crippen LogP contribution in [0.4, 0.5) is 0 Å². The minimum Gasteiger partial charge on any atom is -0.351 e. The molecule has 3 atom stereocenters. The zero-order valence-electron chi connectivity index (χ0n) is 12.9. The number of rotatable bonds is 5. The van der Waals surface area contributed by atoms with Crippen molar-refractivity contribution in [2.45, 2.75) is 57.5 Å². The van der Waals surface area contributed by atoms with Crippen molar-refractivity contribution < 1.29 is 4.79 Å². The van der Waals surface area contributed by atoms with Gasteiger partial charge >= 0.3 is 0 Å². The predicted octanol–water partition coefficient (Wildman–Crippen LogP) is 3.23. The third-order valence-corrected chi connectivity index (χ3v) is 4.13. The minimum atomic E-state index is -0.382. The third-order valence-electron chi connectivity index (χ3n) is 4.13. The number of carbonyl (C=O) groups excluding carboxylic acids is 1. The molecule has 2 unspecified atom stereocenters. The molecule has 0 spiro atoms. The van der Waals surface area contributed by atoms with E-state index in [1.165, 1.54) is 12.0 Å². The smallest absolute Gasteiger partial charge is 0.237 e. The van der Waals surface area contributed by atoms with Gasteiger partial charge in [-0.05, 0) is 30.7 Å². The lowest BCUT2D eigenvalue weighted by molar-refractivity contribution is -0.123. The van der Waals surface area contributed by atoms with E-state index in [9.17, 15) is 4.79 Å². The Morgan fingerprint density at radius 3 is 2.57 bits per heavy atom. The van der Waals surface area contributed by atoms with E-state index < -0.39 is 0 Å². The normalized spacial score (nSPS) is 22.7. The van der Waals surface area contributed by atoms with Crippen LogP contribution in [-0.2, 0) is 4.79 Å².